The zero-order chi connectivity index (χ0) is 18.8. The van der Waals surface area contributed by atoms with Crippen molar-refractivity contribution in [2.24, 2.45) is 10.7 Å². The third-order valence-electron chi connectivity index (χ3n) is 4.62. The lowest BCUT2D eigenvalue weighted by atomic mass is 10.1. The summed E-state index contributed by atoms with van der Waals surface area (Å²) in [5.74, 6) is 1.36. The molecule has 1 aromatic rings. The summed E-state index contributed by atoms with van der Waals surface area (Å²) >= 11 is 0. The van der Waals surface area contributed by atoms with E-state index in [1.54, 1.807) is 7.11 Å². The summed E-state index contributed by atoms with van der Waals surface area (Å²) < 4.78 is 10.6. The number of nitrogens with zero attached hydrogens (tertiary/aromatic N) is 3. The first kappa shape index (κ1) is 23.9. The predicted molar refractivity (Wildman–Crippen MR) is 121 cm³/mol. The molecular formula is C19H34IN5O2. The van der Waals surface area contributed by atoms with E-state index in [-0.39, 0.29) is 30.0 Å². The van der Waals surface area contributed by atoms with Gasteiger partial charge in [-0.3, -0.25) is 9.89 Å². The molecule has 1 unspecified atom stereocenters. The molecule has 27 heavy (non-hydrogen) atoms. The van der Waals surface area contributed by atoms with E-state index < -0.39 is 0 Å². The fraction of sp³-hybridized carbons (Fsp3) is 0.632. The molecule has 8 heteroatoms. The summed E-state index contributed by atoms with van der Waals surface area (Å²) in [6, 6.07) is 8.27. The first-order valence-corrected chi connectivity index (χ1v) is 9.24. The average Bonchev–Trinajstić information content (AvgIpc) is 2.66. The molecule has 1 aromatic carbocycles. The number of morpholine rings is 1. The standard InChI is InChI=1S/C19H33N5O2.HI/c1-23(2)18(16-5-7-17(25-3)8-6-16)15-22-19(20)21-9-4-10-24-11-13-26-14-12-24;/h5-8,18H,4,9-15H2,1-3H3,(H3,20,21,22);1H. The van der Waals surface area contributed by atoms with Gasteiger partial charge < -0.3 is 25.4 Å². The van der Waals surface area contributed by atoms with E-state index in [1.165, 1.54) is 5.56 Å². The van der Waals surface area contributed by atoms with Crippen LogP contribution in [0.2, 0.25) is 0 Å². The summed E-state index contributed by atoms with van der Waals surface area (Å²) in [4.78, 5) is 9.10. The lowest BCUT2D eigenvalue weighted by molar-refractivity contribution is 0.0376. The van der Waals surface area contributed by atoms with Crippen LogP contribution in [0, 0.1) is 0 Å². The van der Waals surface area contributed by atoms with Crippen LogP contribution in [0.3, 0.4) is 0 Å². The van der Waals surface area contributed by atoms with Gasteiger partial charge in [0.2, 0.25) is 0 Å². The number of rotatable bonds is 9. The van der Waals surface area contributed by atoms with Gasteiger partial charge in [-0.15, -0.1) is 24.0 Å². The van der Waals surface area contributed by atoms with Crippen molar-refractivity contribution in [3.63, 3.8) is 0 Å². The Balaban J connectivity index is 0.00000364. The topological polar surface area (TPSA) is 75.3 Å². The maximum absolute atomic E-state index is 6.03. The quantitative estimate of drug-likeness (QED) is 0.236. The van der Waals surface area contributed by atoms with Crippen molar-refractivity contribution >= 4 is 29.9 Å². The summed E-state index contributed by atoms with van der Waals surface area (Å²) in [6.45, 7) is 6.24. The number of nitrogens with one attached hydrogen (secondary N) is 1. The summed E-state index contributed by atoms with van der Waals surface area (Å²) in [7, 11) is 5.78. The van der Waals surface area contributed by atoms with Crippen molar-refractivity contribution in [3.05, 3.63) is 29.8 Å². The number of hydrogen-bond acceptors (Lipinski definition) is 5. The molecule has 0 spiro atoms. The van der Waals surface area contributed by atoms with E-state index in [1.807, 2.05) is 12.1 Å². The maximum Gasteiger partial charge on any atom is 0.188 e. The summed E-state index contributed by atoms with van der Waals surface area (Å²) in [5, 5.41) is 3.22. The molecule has 1 fully saturated rings. The normalized spacial score (nSPS) is 16.7. The average molecular weight is 491 g/mol. The molecule has 1 saturated heterocycles. The molecule has 0 radical (unpaired) electrons. The number of likely N-dealkylation sites (N-methyl/N-ethyl adjacent to an activating group) is 1. The van der Waals surface area contributed by atoms with Crippen molar-refractivity contribution in [2.45, 2.75) is 12.5 Å². The Hall–Kier alpha value is -1.10. The molecule has 1 aliphatic rings. The highest BCUT2D eigenvalue weighted by molar-refractivity contribution is 14.0. The van der Waals surface area contributed by atoms with Gasteiger partial charge >= 0.3 is 0 Å². The van der Waals surface area contributed by atoms with E-state index in [9.17, 15) is 0 Å². The molecule has 0 aromatic heterocycles. The van der Waals surface area contributed by atoms with Crippen molar-refractivity contribution in [1.82, 2.24) is 15.1 Å². The lowest BCUT2D eigenvalue weighted by Crippen LogP contribution is -2.39. The number of nitrogens with two attached hydrogens (primary N) is 1. The molecule has 0 saturated carbocycles. The van der Waals surface area contributed by atoms with Gasteiger partial charge in [-0.2, -0.15) is 0 Å². The highest BCUT2D eigenvalue weighted by atomic mass is 127. The maximum atomic E-state index is 6.03. The minimum atomic E-state index is 0. The number of hydrogen-bond donors (Lipinski definition) is 2. The Morgan fingerprint density at radius 2 is 1.96 bits per heavy atom. The van der Waals surface area contributed by atoms with Crippen LogP contribution in [0.15, 0.2) is 29.3 Å². The van der Waals surface area contributed by atoms with E-state index in [2.05, 4.69) is 46.3 Å². The Morgan fingerprint density at radius 1 is 1.30 bits per heavy atom. The number of aliphatic imine (C=N–C) groups is 1. The van der Waals surface area contributed by atoms with E-state index in [4.69, 9.17) is 15.2 Å². The zero-order valence-corrected chi connectivity index (χ0v) is 19.0. The van der Waals surface area contributed by atoms with Crippen LogP contribution in [0.4, 0.5) is 0 Å². The minimum Gasteiger partial charge on any atom is -0.497 e. The smallest absolute Gasteiger partial charge is 0.188 e. The Morgan fingerprint density at radius 3 is 2.56 bits per heavy atom. The fourth-order valence-corrected chi connectivity index (χ4v) is 2.98. The molecule has 7 nitrogen and oxygen atoms in total. The zero-order valence-electron chi connectivity index (χ0n) is 16.7. The van der Waals surface area contributed by atoms with E-state index in [0.29, 0.717) is 12.5 Å². The molecule has 3 N–H and O–H groups in total. The van der Waals surface area contributed by atoms with Crippen LogP contribution in [-0.2, 0) is 4.74 Å². The van der Waals surface area contributed by atoms with Gasteiger partial charge in [-0.05, 0) is 44.8 Å². The van der Waals surface area contributed by atoms with Crippen LogP contribution in [0.25, 0.3) is 0 Å². The SMILES string of the molecule is COc1ccc(C(CN=C(N)NCCCN2CCOCC2)N(C)C)cc1.I. The first-order chi connectivity index (χ1) is 12.6. The largest absolute Gasteiger partial charge is 0.497 e. The van der Waals surface area contributed by atoms with Gasteiger partial charge in [-0.25, -0.2) is 0 Å². The number of halogens is 1. The van der Waals surface area contributed by atoms with Crippen molar-refractivity contribution in [2.75, 3.05) is 67.1 Å². The van der Waals surface area contributed by atoms with Gasteiger partial charge in [0.05, 0.1) is 32.9 Å². The molecule has 0 bridgehead atoms. The monoisotopic (exact) mass is 491 g/mol. The Kier molecular flexibility index (Phi) is 11.7. The molecule has 1 heterocycles. The molecule has 0 aliphatic carbocycles. The van der Waals surface area contributed by atoms with Crippen LogP contribution >= 0.6 is 24.0 Å². The third kappa shape index (κ3) is 8.63. The molecule has 0 amide bonds. The number of benzene rings is 1. The second-order valence-corrected chi connectivity index (χ2v) is 6.71. The lowest BCUT2D eigenvalue weighted by Gasteiger charge is -2.26. The third-order valence-corrected chi connectivity index (χ3v) is 4.62. The Bertz CT molecular complexity index is 548. The van der Waals surface area contributed by atoms with Gasteiger partial charge in [0, 0.05) is 19.6 Å². The van der Waals surface area contributed by atoms with E-state index in [0.717, 1.165) is 51.6 Å². The highest BCUT2D eigenvalue weighted by Gasteiger charge is 2.14. The first-order valence-electron chi connectivity index (χ1n) is 9.24. The van der Waals surface area contributed by atoms with Crippen LogP contribution in [0.1, 0.15) is 18.0 Å². The fourth-order valence-electron chi connectivity index (χ4n) is 2.98. The molecule has 1 atom stereocenters. The molecule has 154 valence electrons. The van der Waals surface area contributed by atoms with E-state index >= 15 is 0 Å². The minimum absolute atomic E-state index is 0. The van der Waals surface area contributed by atoms with Crippen LogP contribution < -0.4 is 15.8 Å². The van der Waals surface area contributed by atoms with Crippen molar-refractivity contribution < 1.29 is 9.47 Å². The second kappa shape index (κ2) is 13.1. The van der Waals surface area contributed by atoms with Gasteiger partial charge in [-0.1, -0.05) is 12.1 Å². The number of methoxy groups -OCH3 is 1. The van der Waals surface area contributed by atoms with Crippen molar-refractivity contribution in [1.29, 1.82) is 0 Å². The second-order valence-electron chi connectivity index (χ2n) is 6.71. The van der Waals surface area contributed by atoms with Crippen molar-refractivity contribution in [3.8, 4) is 5.75 Å². The molecular weight excluding hydrogens is 457 g/mol. The molecule has 1 aliphatic heterocycles. The predicted octanol–water partition coefficient (Wildman–Crippen LogP) is 1.54. The highest BCUT2D eigenvalue weighted by Crippen LogP contribution is 2.21. The summed E-state index contributed by atoms with van der Waals surface area (Å²) in [5.41, 5.74) is 7.23. The number of guanidine groups is 1. The van der Waals surface area contributed by atoms with Crippen LogP contribution in [-0.4, -0.2) is 82.9 Å². The van der Waals surface area contributed by atoms with Crippen LogP contribution in [0.5, 0.6) is 5.75 Å². The summed E-state index contributed by atoms with van der Waals surface area (Å²) in [6.07, 6.45) is 1.05. The molecule has 2 rings (SSSR count). The van der Waals surface area contributed by atoms with Gasteiger partial charge in [0.15, 0.2) is 5.96 Å². The van der Waals surface area contributed by atoms with Gasteiger partial charge in [0.1, 0.15) is 5.75 Å². The Labute approximate surface area is 180 Å². The number of ether oxygens (including phenoxy) is 2. The van der Waals surface area contributed by atoms with Gasteiger partial charge in [0.25, 0.3) is 0 Å².